The molecule has 1 heterocycles. The molecule has 0 unspecified atom stereocenters. The van der Waals surface area contributed by atoms with E-state index in [0.717, 1.165) is 17.7 Å². The molecular weight excluding hydrogens is 404 g/mol. The first-order valence-corrected chi connectivity index (χ1v) is 12.2. The summed E-state index contributed by atoms with van der Waals surface area (Å²) in [5.74, 6) is 1.00. The fraction of sp³-hybridized carbons (Fsp3) is 0.318. The average molecular weight is 431 g/mol. The van der Waals surface area contributed by atoms with Crippen molar-refractivity contribution in [2.24, 2.45) is 0 Å². The maximum atomic E-state index is 12.5. The van der Waals surface area contributed by atoms with E-state index >= 15 is 0 Å². The molecule has 3 rings (SSSR count). The Balaban J connectivity index is 1.41. The maximum Gasteiger partial charge on any atom is 0.236 e. The van der Waals surface area contributed by atoms with Crippen molar-refractivity contribution >= 4 is 33.8 Å². The molecule has 0 aromatic heterocycles. The normalized spacial score (nSPS) is 15.7. The molecule has 1 saturated heterocycles. The molecule has 154 valence electrons. The van der Waals surface area contributed by atoms with E-state index in [2.05, 4.69) is 12.1 Å². The summed E-state index contributed by atoms with van der Waals surface area (Å²) in [6, 6.07) is 19.5. The van der Waals surface area contributed by atoms with Gasteiger partial charge in [0.1, 0.15) is 0 Å². The van der Waals surface area contributed by atoms with Gasteiger partial charge in [-0.1, -0.05) is 48.5 Å². The zero-order chi connectivity index (χ0) is 20.5. The second kappa shape index (κ2) is 10.6. The minimum atomic E-state index is -3.47. The molecule has 29 heavy (non-hydrogen) atoms. The van der Waals surface area contributed by atoms with Crippen molar-refractivity contribution in [3.63, 3.8) is 0 Å². The number of hydrogen-bond acceptors (Lipinski definition) is 4. The summed E-state index contributed by atoms with van der Waals surface area (Å²) < 4.78 is 26.5. The van der Waals surface area contributed by atoms with Crippen LogP contribution in [0.2, 0.25) is 0 Å². The third-order valence-electron chi connectivity index (χ3n) is 4.73. The van der Waals surface area contributed by atoms with Crippen molar-refractivity contribution in [3.05, 3.63) is 71.6 Å². The van der Waals surface area contributed by atoms with E-state index in [4.69, 9.17) is 0 Å². The van der Waals surface area contributed by atoms with Gasteiger partial charge >= 0.3 is 0 Å². The summed E-state index contributed by atoms with van der Waals surface area (Å²) in [6.07, 6.45) is 2.93. The number of carbonyl (C=O) groups excluding carboxylic acids is 1. The molecule has 0 radical (unpaired) electrons. The van der Waals surface area contributed by atoms with E-state index in [9.17, 15) is 13.2 Å². The molecule has 0 bridgehead atoms. The predicted octanol–water partition coefficient (Wildman–Crippen LogP) is 3.70. The lowest BCUT2D eigenvalue weighted by molar-refractivity contribution is -0.132. The third-order valence-corrected chi connectivity index (χ3v) is 7.39. The van der Waals surface area contributed by atoms with Gasteiger partial charge in [-0.2, -0.15) is 4.31 Å². The van der Waals surface area contributed by atoms with E-state index in [1.54, 1.807) is 22.7 Å². The molecule has 0 spiro atoms. The van der Waals surface area contributed by atoms with Crippen molar-refractivity contribution in [2.75, 3.05) is 31.9 Å². The standard InChI is InChI=1S/C22H26N2O3S2/c25-22(12-7-18-28-21-10-5-2-6-11-21)23-14-16-24(17-15-23)29(26,27)19-13-20-8-3-1-4-9-20/h1-6,8-11,13,19H,7,12,14-18H2/b19-13+. The molecule has 1 aliphatic heterocycles. The van der Waals surface area contributed by atoms with E-state index < -0.39 is 10.0 Å². The predicted molar refractivity (Wildman–Crippen MR) is 119 cm³/mol. The Morgan fingerprint density at radius 3 is 2.21 bits per heavy atom. The molecule has 0 N–H and O–H groups in total. The van der Waals surface area contributed by atoms with E-state index in [-0.39, 0.29) is 5.91 Å². The third kappa shape index (κ3) is 6.73. The van der Waals surface area contributed by atoms with Crippen LogP contribution in [0, 0.1) is 0 Å². The number of carbonyl (C=O) groups is 1. The molecule has 2 aromatic carbocycles. The number of rotatable bonds is 8. The number of amides is 1. The first-order valence-electron chi connectivity index (χ1n) is 9.73. The van der Waals surface area contributed by atoms with Gasteiger partial charge in [-0.15, -0.1) is 11.8 Å². The molecule has 0 atom stereocenters. The molecule has 0 saturated carbocycles. The fourth-order valence-electron chi connectivity index (χ4n) is 3.09. The van der Waals surface area contributed by atoms with Gasteiger partial charge in [-0.25, -0.2) is 8.42 Å². The number of thioether (sulfide) groups is 1. The van der Waals surface area contributed by atoms with Crippen LogP contribution in [-0.2, 0) is 14.8 Å². The Bertz CT molecular complexity index is 908. The fourth-order valence-corrected chi connectivity index (χ4v) is 5.14. The SMILES string of the molecule is O=C(CCCSc1ccccc1)N1CCN(S(=O)(=O)/C=C/c2ccccc2)CC1. The Hall–Kier alpha value is -2.09. The Labute approximate surface area is 177 Å². The minimum absolute atomic E-state index is 0.107. The number of sulfonamides is 1. The molecule has 2 aromatic rings. The number of benzene rings is 2. The molecule has 7 heteroatoms. The second-order valence-corrected chi connectivity index (χ2v) is 9.79. The molecule has 5 nitrogen and oxygen atoms in total. The molecule has 1 amide bonds. The number of nitrogens with zero attached hydrogens (tertiary/aromatic N) is 2. The van der Waals surface area contributed by atoms with Crippen molar-refractivity contribution in [1.82, 2.24) is 9.21 Å². The molecular formula is C22H26N2O3S2. The van der Waals surface area contributed by atoms with Gasteiger partial charge in [0.05, 0.1) is 0 Å². The average Bonchev–Trinajstić information content (AvgIpc) is 2.77. The highest BCUT2D eigenvalue weighted by Crippen LogP contribution is 2.19. The summed E-state index contributed by atoms with van der Waals surface area (Å²) >= 11 is 1.75. The van der Waals surface area contributed by atoms with Crippen LogP contribution in [0.4, 0.5) is 0 Å². The summed E-state index contributed by atoms with van der Waals surface area (Å²) in [5.41, 5.74) is 0.846. The number of piperazine rings is 1. The van der Waals surface area contributed by atoms with Gasteiger partial charge in [-0.05, 0) is 35.9 Å². The smallest absolute Gasteiger partial charge is 0.236 e. The van der Waals surface area contributed by atoms with Crippen molar-refractivity contribution in [2.45, 2.75) is 17.7 Å². The zero-order valence-electron chi connectivity index (χ0n) is 16.3. The van der Waals surface area contributed by atoms with Crippen molar-refractivity contribution in [1.29, 1.82) is 0 Å². The Morgan fingerprint density at radius 2 is 1.55 bits per heavy atom. The van der Waals surface area contributed by atoms with Crippen LogP contribution in [-0.4, -0.2) is 55.5 Å². The Kier molecular flexibility index (Phi) is 7.91. The van der Waals surface area contributed by atoms with E-state index in [0.29, 0.717) is 32.6 Å². The van der Waals surface area contributed by atoms with E-state index in [1.807, 2.05) is 48.5 Å². The highest BCUT2D eigenvalue weighted by Gasteiger charge is 2.26. The zero-order valence-corrected chi connectivity index (χ0v) is 17.9. The highest BCUT2D eigenvalue weighted by atomic mass is 32.2. The van der Waals surface area contributed by atoms with Crippen molar-refractivity contribution < 1.29 is 13.2 Å². The summed E-state index contributed by atoms with van der Waals surface area (Å²) in [4.78, 5) is 15.4. The van der Waals surface area contributed by atoms with Gasteiger partial charge in [-0.3, -0.25) is 4.79 Å². The lowest BCUT2D eigenvalue weighted by atomic mass is 10.2. The lowest BCUT2D eigenvalue weighted by Crippen LogP contribution is -2.50. The van der Waals surface area contributed by atoms with E-state index in [1.165, 1.54) is 14.6 Å². The summed E-state index contributed by atoms with van der Waals surface area (Å²) in [6.45, 7) is 1.57. The van der Waals surface area contributed by atoms with Crippen LogP contribution in [0.3, 0.4) is 0 Å². The largest absolute Gasteiger partial charge is 0.340 e. The van der Waals surface area contributed by atoms with Crippen LogP contribution in [0.1, 0.15) is 18.4 Å². The van der Waals surface area contributed by atoms with Crippen molar-refractivity contribution in [3.8, 4) is 0 Å². The minimum Gasteiger partial charge on any atom is -0.340 e. The van der Waals surface area contributed by atoms with Crippen LogP contribution >= 0.6 is 11.8 Å². The lowest BCUT2D eigenvalue weighted by Gasteiger charge is -2.33. The number of hydrogen-bond donors (Lipinski definition) is 0. The second-order valence-electron chi connectivity index (χ2n) is 6.80. The van der Waals surface area contributed by atoms with Crippen LogP contribution < -0.4 is 0 Å². The van der Waals surface area contributed by atoms with Crippen LogP contribution in [0.15, 0.2) is 71.0 Å². The molecule has 1 fully saturated rings. The van der Waals surface area contributed by atoms with Gasteiger partial charge in [0.25, 0.3) is 0 Å². The first kappa shape index (κ1) is 21.6. The van der Waals surface area contributed by atoms with Crippen LogP contribution in [0.25, 0.3) is 6.08 Å². The van der Waals surface area contributed by atoms with Crippen LogP contribution in [0.5, 0.6) is 0 Å². The maximum absolute atomic E-state index is 12.5. The summed E-state index contributed by atoms with van der Waals surface area (Å²) in [7, 11) is -3.47. The molecule has 1 aliphatic rings. The van der Waals surface area contributed by atoms with Gasteiger partial charge in [0, 0.05) is 42.9 Å². The topological polar surface area (TPSA) is 57.7 Å². The van der Waals surface area contributed by atoms with Gasteiger partial charge in [0.15, 0.2) is 0 Å². The highest BCUT2D eigenvalue weighted by molar-refractivity contribution is 7.99. The molecule has 0 aliphatic carbocycles. The Morgan fingerprint density at radius 1 is 0.931 bits per heavy atom. The summed E-state index contributed by atoms with van der Waals surface area (Å²) in [5, 5.41) is 1.25. The van der Waals surface area contributed by atoms with Gasteiger partial charge in [0.2, 0.25) is 15.9 Å². The monoisotopic (exact) mass is 430 g/mol. The first-order chi connectivity index (χ1) is 14.0. The quantitative estimate of drug-likeness (QED) is 0.473. The van der Waals surface area contributed by atoms with Gasteiger partial charge < -0.3 is 4.90 Å².